The number of nitrogens with one attached hydrogen (secondary N) is 3. The number of sulfonamides is 1. The first-order valence-electron chi connectivity index (χ1n) is 7.91. The molecule has 0 aliphatic heterocycles. The van der Waals surface area contributed by atoms with Gasteiger partial charge in [0.05, 0.1) is 25.7 Å². The van der Waals surface area contributed by atoms with Crippen LogP contribution in [0.25, 0.3) is 0 Å². The van der Waals surface area contributed by atoms with Gasteiger partial charge in [-0.25, -0.2) is 13.2 Å². The maximum atomic E-state index is 12.5. The van der Waals surface area contributed by atoms with Gasteiger partial charge in [-0.3, -0.25) is 4.72 Å². The van der Waals surface area contributed by atoms with Gasteiger partial charge in [-0.15, -0.1) is 0 Å². The van der Waals surface area contributed by atoms with Crippen LogP contribution in [0.5, 0.6) is 0 Å². The van der Waals surface area contributed by atoms with Gasteiger partial charge in [-0.1, -0.05) is 48.7 Å². The molecule has 3 N–H and O–H groups in total. The Hall–Kier alpha value is -1.67. The van der Waals surface area contributed by atoms with E-state index in [1.807, 2.05) is 13.8 Å². The number of halogens is 3. The van der Waals surface area contributed by atoms with Crippen molar-refractivity contribution in [3.05, 3.63) is 51.5 Å². The van der Waals surface area contributed by atoms with Crippen molar-refractivity contribution in [1.29, 1.82) is 0 Å². The monoisotopic (exact) mass is 449 g/mol. The van der Waals surface area contributed by atoms with E-state index in [2.05, 4.69) is 15.4 Å². The Kier molecular flexibility index (Phi) is 7.22. The zero-order valence-electron chi connectivity index (χ0n) is 14.5. The van der Waals surface area contributed by atoms with Gasteiger partial charge in [0.25, 0.3) is 10.0 Å². The molecular weight excluding hydrogens is 433 g/mol. The predicted octanol–water partition coefficient (Wildman–Crippen LogP) is 5.23. The molecule has 0 aliphatic carbocycles. The van der Waals surface area contributed by atoms with E-state index < -0.39 is 10.0 Å². The summed E-state index contributed by atoms with van der Waals surface area (Å²) in [4.78, 5) is 11.7. The molecule has 0 unspecified atom stereocenters. The molecule has 0 saturated heterocycles. The topological polar surface area (TPSA) is 87.3 Å². The van der Waals surface area contributed by atoms with E-state index in [9.17, 15) is 13.2 Å². The SMILES string of the molecule is CC(C)CNC(=O)Nc1ccc(S(=O)(=O)Nc2cc(Cl)c(Cl)cc2Cl)cc1. The van der Waals surface area contributed by atoms with Gasteiger partial charge in [0.15, 0.2) is 0 Å². The Morgan fingerprint density at radius 2 is 1.59 bits per heavy atom. The van der Waals surface area contributed by atoms with Crippen LogP contribution in [0.4, 0.5) is 16.2 Å². The summed E-state index contributed by atoms with van der Waals surface area (Å²) in [5.74, 6) is 0.322. The Balaban J connectivity index is 2.11. The number of urea groups is 1. The number of benzene rings is 2. The van der Waals surface area contributed by atoms with Gasteiger partial charge < -0.3 is 10.6 Å². The molecular formula is C17H18Cl3N3O3S. The summed E-state index contributed by atoms with van der Waals surface area (Å²) < 4.78 is 27.4. The summed E-state index contributed by atoms with van der Waals surface area (Å²) in [7, 11) is -3.90. The molecule has 0 aliphatic rings. The van der Waals surface area contributed by atoms with Gasteiger partial charge >= 0.3 is 6.03 Å². The molecule has 0 heterocycles. The molecule has 2 rings (SSSR count). The van der Waals surface area contributed by atoms with Crippen LogP contribution >= 0.6 is 34.8 Å². The van der Waals surface area contributed by atoms with Crippen molar-refractivity contribution < 1.29 is 13.2 Å². The molecule has 0 saturated carbocycles. The largest absolute Gasteiger partial charge is 0.338 e. The maximum absolute atomic E-state index is 12.5. The molecule has 2 aromatic rings. The van der Waals surface area contributed by atoms with E-state index in [0.29, 0.717) is 18.2 Å². The predicted molar refractivity (Wildman–Crippen MR) is 111 cm³/mol. The van der Waals surface area contributed by atoms with E-state index >= 15 is 0 Å². The third kappa shape index (κ3) is 6.17. The smallest absolute Gasteiger partial charge is 0.319 e. The van der Waals surface area contributed by atoms with Gasteiger partial charge in [0.1, 0.15) is 0 Å². The van der Waals surface area contributed by atoms with Gasteiger partial charge in [0, 0.05) is 12.2 Å². The summed E-state index contributed by atoms with van der Waals surface area (Å²) in [6.07, 6.45) is 0. The van der Waals surface area contributed by atoms with Crippen molar-refractivity contribution in [2.45, 2.75) is 18.7 Å². The lowest BCUT2D eigenvalue weighted by molar-refractivity contribution is 0.251. The molecule has 0 aromatic heterocycles. The highest BCUT2D eigenvalue weighted by atomic mass is 35.5. The fourth-order valence-corrected chi connectivity index (χ4v) is 3.71. The molecule has 0 atom stereocenters. The van der Waals surface area contributed by atoms with Crippen molar-refractivity contribution in [2.24, 2.45) is 5.92 Å². The second-order valence-electron chi connectivity index (χ2n) is 6.10. The van der Waals surface area contributed by atoms with Crippen LogP contribution in [0.2, 0.25) is 15.1 Å². The maximum Gasteiger partial charge on any atom is 0.319 e. The highest BCUT2D eigenvalue weighted by Gasteiger charge is 2.17. The zero-order chi connectivity index (χ0) is 20.2. The van der Waals surface area contributed by atoms with Crippen LogP contribution in [0.15, 0.2) is 41.3 Å². The number of carbonyl (C=O) groups excluding carboxylic acids is 1. The van der Waals surface area contributed by atoms with Gasteiger partial charge in [-0.2, -0.15) is 0 Å². The number of hydrogen-bond acceptors (Lipinski definition) is 3. The van der Waals surface area contributed by atoms with E-state index in [0.717, 1.165) is 0 Å². The van der Waals surface area contributed by atoms with Crippen LogP contribution in [0.1, 0.15) is 13.8 Å². The molecule has 27 heavy (non-hydrogen) atoms. The molecule has 6 nitrogen and oxygen atoms in total. The van der Waals surface area contributed by atoms with E-state index in [1.54, 1.807) is 0 Å². The molecule has 0 radical (unpaired) electrons. The standard InChI is InChI=1S/C17H18Cl3N3O3S/c1-10(2)9-21-17(24)22-11-3-5-12(6-4-11)27(25,26)23-16-8-14(19)13(18)7-15(16)20/h3-8,10,23H,9H2,1-2H3,(H2,21,22,24). The van der Waals surface area contributed by atoms with Crippen molar-refractivity contribution in [2.75, 3.05) is 16.6 Å². The Bertz CT molecular complexity index is 932. The molecule has 2 amide bonds. The summed E-state index contributed by atoms with van der Waals surface area (Å²) in [6, 6.07) is 8.03. The molecule has 0 spiro atoms. The second kappa shape index (κ2) is 9.01. The normalized spacial score (nSPS) is 11.3. The van der Waals surface area contributed by atoms with Crippen molar-refractivity contribution in [3.8, 4) is 0 Å². The molecule has 10 heteroatoms. The van der Waals surface area contributed by atoms with Crippen molar-refractivity contribution in [3.63, 3.8) is 0 Å². The van der Waals surface area contributed by atoms with Crippen molar-refractivity contribution in [1.82, 2.24) is 5.32 Å². The number of hydrogen-bond donors (Lipinski definition) is 3. The van der Waals surface area contributed by atoms with Crippen LogP contribution in [0.3, 0.4) is 0 Å². The average molecular weight is 451 g/mol. The van der Waals surface area contributed by atoms with Crippen molar-refractivity contribution >= 4 is 62.2 Å². The van der Waals surface area contributed by atoms with Crippen LogP contribution < -0.4 is 15.4 Å². The lowest BCUT2D eigenvalue weighted by Crippen LogP contribution is -2.31. The van der Waals surface area contributed by atoms with E-state index in [1.165, 1.54) is 36.4 Å². The summed E-state index contributed by atoms with van der Waals surface area (Å²) in [5.41, 5.74) is 0.573. The van der Waals surface area contributed by atoms with E-state index in [-0.39, 0.29) is 31.7 Å². The van der Waals surface area contributed by atoms with Crippen LogP contribution in [0, 0.1) is 5.92 Å². The fourth-order valence-electron chi connectivity index (χ4n) is 1.99. The molecule has 0 fully saturated rings. The Morgan fingerprint density at radius 3 is 2.19 bits per heavy atom. The minimum atomic E-state index is -3.90. The summed E-state index contributed by atoms with van der Waals surface area (Å²) in [5, 5.41) is 5.84. The minimum Gasteiger partial charge on any atom is -0.338 e. The zero-order valence-corrected chi connectivity index (χ0v) is 17.6. The second-order valence-corrected chi connectivity index (χ2v) is 9.01. The Labute approximate surface area is 173 Å². The third-order valence-corrected chi connectivity index (χ3v) is 5.76. The number of anilines is 2. The third-order valence-electron chi connectivity index (χ3n) is 3.35. The van der Waals surface area contributed by atoms with Gasteiger partial charge in [-0.05, 0) is 42.3 Å². The van der Waals surface area contributed by atoms with Crippen LogP contribution in [-0.4, -0.2) is 21.0 Å². The Morgan fingerprint density at radius 1 is 1.00 bits per heavy atom. The molecule has 2 aromatic carbocycles. The van der Waals surface area contributed by atoms with Crippen LogP contribution in [-0.2, 0) is 10.0 Å². The fraction of sp³-hybridized carbons (Fsp3) is 0.235. The highest BCUT2D eigenvalue weighted by Crippen LogP contribution is 2.33. The molecule has 0 bridgehead atoms. The average Bonchev–Trinajstić information content (AvgIpc) is 2.58. The number of rotatable bonds is 6. The number of amides is 2. The first kappa shape index (κ1) is 21.6. The summed E-state index contributed by atoms with van der Waals surface area (Å²) in [6.45, 7) is 4.49. The summed E-state index contributed by atoms with van der Waals surface area (Å²) >= 11 is 17.7. The quantitative estimate of drug-likeness (QED) is 0.527. The lowest BCUT2D eigenvalue weighted by Gasteiger charge is -2.12. The van der Waals surface area contributed by atoms with Gasteiger partial charge in [0.2, 0.25) is 0 Å². The lowest BCUT2D eigenvalue weighted by atomic mass is 10.2. The number of carbonyl (C=O) groups is 1. The highest BCUT2D eigenvalue weighted by molar-refractivity contribution is 7.92. The minimum absolute atomic E-state index is 0.00206. The first-order chi connectivity index (χ1) is 12.6. The first-order valence-corrected chi connectivity index (χ1v) is 10.5. The van der Waals surface area contributed by atoms with E-state index in [4.69, 9.17) is 34.8 Å². The molecule has 146 valence electrons.